The first-order valence-electron chi connectivity index (χ1n) is 6.79. The molecule has 0 aromatic rings. The van der Waals surface area contributed by atoms with Gasteiger partial charge in [-0.25, -0.2) is 4.79 Å². The third-order valence-electron chi connectivity index (χ3n) is 3.52. The second kappa shape index (κ2) is 7.12. The van der Waals surface area contributed by atoms with Crippen molar-refractivity contribution in [1.29, 1.82) is 0 Å². The molecule has 2 N–H and O–H groups in total. The lowest BCUT2D eigenvalue weighted by atomic mass is 9.94. The number of carbonyl (C=O) groups is 3. The number of carbonyl (C=O) groups excluding carboxylic acids is 2. The molecule has 1 rings (SSSR count). The van der Waals surface area contributed by atoms with Gasteiger partial charge in [-0.1, -0.05) is 0 Å². The third kappa shape index (κ3) is 4.71. The summed E-state index contributed by atoms with van der Waals surface area (Å²) in [7, 11) is 3.28. The number of hydrogen-bond donors (Lipinski definition) is 2. The monoisotopic (exact) mass is 285 g/mol. The molecule has 0 aliphatic carbocycles. The fraction of sp³-hybridized carbons (Fsp3) is 0.769. The summed E-state index contributed by atoms with van der Waals surface area (Å²) < 4.78 is 0. The van der Waals surface area contributed by atoms with Gasteiger partial charge in [0.2, 0.25) is 5.91 Å². The first-order chi connectivity index (χ1) is 9.31. The van der Waals surface area contributed by atoms with Crippen LogP contribution in [0.1, 0.15) is 26.2 Å². The molecule has 7 heteroatoms. The van der Waals surface area contributed by atoms with E-state index in [1.54, 1.807) is 25.9 Å². The molecule has 114 valence electrons. The molecule has 1 atom stereocenters. The Morgan fingerprint density at radius 3 is 2.30 bits per heavy atom. The number of rotatable bonds is 4. The molecule has 1 unspecified atom stereocenters. The molecule has 1 heterocycles. The number of aliphatic carboxylic acids is 1. The maximum atomic E-state index is 12.0. The van der Waals surface area contributed by atoms with Gasteiger partial charge < -0.3 is 20.2 Å². The second-order valence-corrected chi connectivity index (χ2v) is 5.43. The van der Waals surface area contributed by atoms with Crippen LogP contribution in [0.15, 0.2) is 0 Å². The summed E-state index contributed by atoms with van der Waals surface area (Å²) in [6.45, 7) is 2.72. The summed E-state index contributed by atoms with van der Waals surface area (Å²) in [6, 6.07) is -0.823. The molecule has 1 saturated heterocycles. The van der Waals surface area contributed by atoms with E-state index in [4.69, 9.17) is 5.11 Å². The summed E-state index contributed by atoms with van der Waals surface area (Å²) >= 11 is 0. The largest absolute Gasteiger partial charge is 0.481 e. The highest BCUT2D eigenvalue weighted by atomic mass is 16.4. The highest BCUT2D eigenvalue weighted by molar-refractivity contribution is 5.86. The molecule has 0 radical (unpaired) electrons. The highest BCUT2D eigenvalue weighted by Crippen LogP contribution is 2.20. The van der Waals surface area contributed by atoms with Crippen LogP contribution in [-0.2, 0) is 9.59 Å². The lowest BCUT2D eigenvalue weighted by Gasteiger charge is -2.32. The number of nitrogens with one attached hydrogen (secondary N) is 1. The average Bonchev–Trinajstić information content (AvgIpc) is 2.37. The SMILES string of the molecule is CC(NC(=O)N1CCC(CC(=O)O)CC1)C(=O)N(C)C. The van der Waals surface area contributed by atoms with Crippen LogP contribution in [0.5, 0.6) is 0 Å². The number of hydrogen-bond acceptors (Lipinski definition) is 3. The number of carboxylic acid groups (broad SMARTS) is 1. The zero-order valence-electron chi connectivity index (χ0n) is 12.3. The van der Waals surface area contributed by atoms with E-state index < -0.39 is 12.0 Å². The molecule has 0 aromatic carbocycles. The van der Waals surface area contributed by atoms with Crippen molar-refractivity contribution in [3.8, 4) is 0 Å². The fourth-order valence-corrected chi connectivity index (χ4v) is 2.31. The smallest absolute Gasteiger partial charge is 0.318 e. The Morgan fingerprint density at radius 2 is 1.85 bits per heavy atom. The van der Waals surface area contributed by atoms with Crippen molar-refractivity contribution < 1.29 is 19.5 Å². The van der Waals surface area contributed by atoms with Crippen molar-refractivity contribution in [2.45, 2.75) is 32.2 Å². The minimum Gasteiger partial charge on any atom is -0.481 e. The Morgan fingerprint density at radius 1 is 1.30 bits per heavy atom. The fourth-order valence-electron chi connectivity index (χ4n) is 2.31. The van der Waals surface area contributed by atoms with Gasteiger partial charge in [-0.05, 0) is 25.7 Å². The maximum Gasteiger partial charge on any atom is 0.318 e. The van der Waals surface area contributed by atoms with Crippen LogP contribution in [0.3, 0.4) is 0 Å². The Hall–Kier alpha value is -1.79. The van der Waals surface area contributed by atoms with E-state index in [-0.39, 0.29) is 24.3 Å². The van der Waals surface area contributed by atoms with Crippen LogP contribution in [-0.4, -0.2) is 66.0 Å². The van der Waals surface area contributed by atoms with Crippen LogP contribution in [0.2, 0.25) is 0 Å². The normalized spacial score (nSPS) is 17.4. The molecular weight excluding hydrogens is 262 g/mol. The zero-order chi connectivity index (χ0) is 15.3. The minimum absolute atomic E-state index is 0.136. The first-order valence-corrected chi connectivity index (χ1v) is 6.79. The topological polar surface area (TPSA) is 90.0 Å². The minimum atomic E-state index is -0.793. The summed E-state index contributed by atoms with van der Waals surface area (Å²) in [6.07, 6.45) is 1.54. The molecule has 1 aliphatic heterocycles. The highest BCUT2D eigenvalue weighted by Gasteiger charge is 2.26. The predicted octanol–water partition coefficient (Wildman–Crippen LogP) is 0.359. The molecule has 20 heavy (non-hydrogen) atoms. The molecule has 1 fully saturated rings. The Bertz CT molecular complexity index is 376. The van der Waals surface area contributed by atoms with Crippen LogP contribution in [0.4, 0.5) is 4.79 Å². The van der Waals surface area contributed by atoms with Gasteiger partial charge in [0.25, 0.3) is 0 Å². The summed E-state index contributed by atoms with van der Waals surface area (Å²) in [5, 5.41) is 11.4. The van der Waals surface area contributed by atoms with Crippen LogP contribution < -0.4 is 5.32 Å². The number of urea groups is 1. The number of amides is 3. The van der Waals surface area contributed by atoms with Crippen molar-refractivity contribution in [3.05, 3.63) is 0 Å². The van der Waals surface area contributed by atoms with Crippen molar-refractivity contribution >= 4 is 17.9 Å². The Kier molecular flexibility index (Phi) is 5.79. The maximum absolute atomic E-state index is 12.0. The van der Waals surface area contributed by atoms with Crippen molar-refractivity contribution in [1.82, 2.24) is 15.1 Å². The van der Waals surface area contributed by atoms with E-state index >= 15 is 0 Å². The first kappa shape index (κ1) is 16.3. The van der Waals surface area contributed by atoms with E-state index in [1.165, 1.54) is 4.90 Å². The van der Waals surface area contributed by atoms with Crippen molar-refractivity contribution in [3.63, 3.8) is 0 Å². The van der Waals surface area contributed by atoms with Gasteiger partial charge in [0.1, 0.15) is 6.04 Å². The molecule has 0 bridgehead atoms. The number of likely N-dealkylation sites (tertiary alicyclic amines) is 1. The van der Waals surface area contributed by atoms with E-state index in [9.17, 15) is 14.4 Å². The molecule has 7 nitrogen and oxygen atoms in total. The lowest BCUT2D eigenvalue weighted by Crippen LogP contribution is -2.51. The van der Waals surface area contributed by atoms with Crippen molar-refractivity contribution in [2.24, 2.45) is 5.92 Å². The van der Waals surface area contributed by atoms with Crippen LogP contribution in [0, 0.1) is 5.92 Å². The number of piperidine rings is 1. The average molecular weight is 285 g/mol. The Labute approximate surface area is 118 Å². The van der Waals surface area contributed by atoms with E-state index in [1.807, 2.05) is 0 Å². The van der Waals surface area contributed by atoms with Gasteiger partial charge in [0.05, 0.1) is 0 Å². The third-order valence-corrected chi connectivity index (χ3v) is 3.52. The summed E-state index contributed by atoms with van der Waals surface area (Å²) in [4.78, 5) is 37.4. The molecule has 0 aromatic heterocycles. The van der Waals surface area contributed by atoms with Gasteiger partial charge >= 0.3 is 12.0 Å². The van der Waals surface area contributed by atoms with Gasteiger partial charge in [0.15, 0.2) is 0 Å². The molecule has 3 amide bonds. The van der Waals surface area contributed by atoms with Crippen molar-refractivity contribution in [2.75, 3.05) is 27.2 Å². The molecule has 1 aliphatic rings. The standard InChI is InChI=1S/C13H23N3O4/c1-9(12(19)15(2)3)14-13(20)16-6-4-10(5-7-16)8-11(17)18/h9-10H,4-8H2,1-3H3,(H,14,20)(H,17,18). The van der Waals surface area contributed by atoms with Crippen LogP contribution in [0.25, 0.3) is 0 Å². The molecular formula is C13H23N3O4. The molecule has 0 saturated carbocycles. The van der Waals surface area contributed by atoms with E-state index in [0.29, 0.717) is 25.9 Å². The summed E-state index contributed by atoms with van der Waals surface area (Å²) in [5.74, 6) is -0.811. The van der Waals surface area contributed by atoms with Gasteiger partial charge in [-0.3, -0.25) is 9.59 Å². The summed E-state index contributed by atoms with van der Waals surface area (Å²) in [5.41, 5.74) is 0. The van der Waals surface area contributed by atoms with Gasteiger partial charge in [-0.15, -0.1) is 0 Å². The number of likely N-dealkylation sites (N-methyl/N-ethyl adjacent to an activating group) is 1. The van der Waals surface area contributed by atoms with E-state index in [0.717, 1.165) is 0 Å². The Balaban J connectivity index is 2.39. The number of carboxylic acids is 1. The van der Waals surface area contributed by atoms with Gasteiger partial charge in [0, 0.05) is 33.6 Å². The number of nitrogens with zero attached hydrogens (tertiary/aromatic N) is 2. The zero-order valence-corrected chi connectivity index (χ0v) is 12.3. The van der Waals surface area contributed by atoms with Gasteiger partial charge in [-0.2, -0.15) is 0 Å². The van der Waals surface area contributed by atoms with Crippen LogP contribution >= 0.6 is 0 Å². The quantitative estimate of drug-likeness (QED) is 0.780. The predicted molar refractivity (Wildman–Crippen MR) is 73.2 cm³/mol. The molecule has 0 spiro atoms. The van der Waals surface area contributed by atoms with E-state index in [2.05, 4.69) is 5.32 Å². The second-order valence-electron chi connectivity index (χ2n) is 5.43. The lowest BCUT2D eigenvalue weighted by molar-refractivity contribution is -0.138.